The Morgan fingerprint density at radius 3 is 2.62 bits per heavy atom. The van der Waals surface area contributed by atoms with E-state index in [1.165, 1.54) is 0 Å². The van der Waals surface area contributed by atoms with E-state index in [0.29, 0.717) is 6.54 Å². The molecule has 1 aliphatic rings. The molecule has 29 heavy (non-hydrogen) atoms. The monoisotopic (exact) mass is 432 g/mol. The SMILES string of the molecule is CCOC(=O)[C@@H]1C(=O)N(CCCN(C)C)c2ccccc2S[C@H]1c1ccc(C)s1. The highest BCUT2D eigenvalue weighted by Crippen LogP contribution is 2.50. The largest absolute Gasteiger partial charge is 0.465 e. The van der Waals surface area contributed by atoms with Gasteiger partial charge in [0.25, 0.3) is 0 Å². The molecule has 0 unspecified atom stereocenters. The molecule has 0 saturated carbocycles. The Hall–Kier alpha value is -1.83. The number of thioether (sulfide) groups is 1. The first-order chi connectivity index (χ1) is 13.9. The van der Waals surface area contributed by atoms with Crippen LogP contribution in [0.15, 0.2) is 41.3 Å². The Morgan fingerprint density at radius 1 is 1.21 bits per heavy atom. The van der Waals surface area contributed by atoms with Gasteiger partial charge in [0.1, 0.15) is 0 Å². The zero-order valence-corrected chi connectivity index (χ0v) is 19.0. The lowest BCUT2D eigenvalue weighted by Gasteiger charge is -2.27. The van der Waals surface area contributed by atoms with Crippen molar-refractivity contribution in [2.24, 2.45) is 5.92 Å². The summed E-state index contributed by atoms with van der Waals surface area (Å²) in [4.78, 5) is 33.7. The zero-order chi connectivity index (χ0) is 21.0. The van der Waals surface area contributed by atoms with E-state index in [4.69, 9.17) is 4.74 Å². The first kappa shape index (κ1) is 21.9. The van der Waals surface area contributed by atoms with E-state index in [2.05, 4.69) is 4.90 Å². The van der Waals surface area contributed by atoms with E-state index in [0.717, 1.165) is 33.3 Å². The van der Waals surface area contributed by atoms with Crippen LogP contribution in [0.2, 0.25) is 0 Å². The number of hydrogen-bond donors (Lipinski definition) is 0. The highest BCUT2D eigenvalue weighted by Gasteiger charge is 2.44. The molecule has 0 saturated heterocycles. The van der Waals surface area contributed by atoms with Gasteiger partial charge in [0.05, 0.1) is 17.5 Å². The zero-order valence-electron chi connectivity index (χ0n) is 17.4. The van der Waals surface area contributed by atoms with Gasteiger partial charge < -0.3 is 14.5 Å². The number of para-hydroxylation sites is 1. The minimum absolute atomic E-state index is 0.171. The Morgan fingerprint density at radius 2 is 1.97 bits per heavy atom. The van der Waals surface area contributed by atoms with Crippen LogP contribution in [0.4, 0.5) is 5.69 Å². The molecule has 1 aromatic heterocycles. The summed E-state index contributed by atoms with van der Waals surface area (Å²) < 4.78 is 5.35. The standard InChI is InChI=1S/C22H28N2O3S2/c1-5-27-22(26)19-20(18-12-11-15(2)28-18)29-17-10-7-6-9-16(17)24(21(19)25)14-8-13-23(3)4/h6-7,9-12,19-20H,5,8,13-14H2,1-4H3/t19-,20-/m0/s1. The summed E-state index contributed by atoms with van der Waals surface area (Å²) in [6, 6.07) is 12.0. The number of benzene rings is 1. The van der Waals surface area contributed by atoms with Crippen molar-refractivity contribution in [2.75, 3.05) is 38.7 Å². The van der Waals surface area contributed by atoms with Crippen molar-refractivity contribution in [3.8, 4) is 0 Å². The molecule has 0 aliphatic carbocycles. The number of carbonyl (C=O) groups excluding carboxylic acids is 2. The minimum Gasteiger partial charge on any atom is -0.465 e. The van der Waals surface area contributed by atoms with Gasteiger partial charge >= 0.3 is 5.97 Å². The van der Waals surface area contributed by atoms with E-state index in [-0.39, 0.29) is 17.8 Å². The molecule has 1 aromatic carbocycles. The smallest absolute Gasteiger partial charge is 0.320 e. The molecule has 156 valence electrons. The van der Waals surface area contributed by atoms with Crippen molar-refractivity contribution >= 4 is 40.7 Å². The van der Waals surface area contributed by atoms with Gasteiger partial charge in [-0.05, 0) is 65.2 Å². The first-order valence-corrected chi connectivity index (χ1v) is 11.6. The number of aryl methyl sites for hydroxylation is 1. The predicted octanol–water partition coefficient (Wildman–Crippen LogP) is 4.37. The molecule has 2 heterocycles. The molecule has 0 fully saturated rings. The highest BCUT2D eigenvalue weighted by atomic mass is 32.2. The van der Waals surface area contributed by atoms with E-state index in [1.807, 2.05) is 57.4 Å². The van der Waals surface area contributed by atoms with E-state index in [9.17, 15) is 9.59 Å². The average Bonchev–Trinajstić information content (AvgIpc) is 3.06. The molecule has 0 radical (unpaired) electrons. The third-order valence-electron chi connectivity index (χ3n) is 4.81. The molecule has 0 spiro atoms. The van der Waals surface area contributed by atoms with Crippen LogP contribution in [-0.4, -0.2) is 50.6 Å². The molecule has 7 heteroatoms. The van der Waals surface area contributed by atoms with Gasteiger partial charge in [-0.15, -0.1) is 23.1 Å². The molecule has 2 aromatic rings. The lowest BCUT2D eigenvalue weighted by molar-refractivity contribution is -0.151. The van der Waals surface area contributed by atoms with Crippen LogP contribution in [0.3, 0.4) is 0 Å². The fraction of sp³-hybridized carbons (Fsp3) is 0.455. The number of hydrogen-bond acceptors (Lipinski definition) is 6. The van der Waals surface area contributed by atoms with Gasteiger partial charge in [-0.1, -0.05) is 12.1 Å². The molecule has 0 bridgehead atoms. The number of rotatable bonds is 7. The van der Waals surface area contributed by atoms with Gasteiger partial charge in [0, 0.05) is 21.2 Å². The highest BCUT2D eigenvalue weighted by molar-refractivity contribution is 8.00. The summed E-state index contributed by atoms with van der Waals surface area (Å²) in [5.41, 5.74) is 0.881. The molecule has 0 N–H and O–H groups in total. The molecular formula is C22H28N2O3S2. The first-order valence-electron chi connectivity index (χ1n) is 9.87. The Bertz CT molecular complexity index is 865. The summed E-state index contributed by atoms with van der Waals surface area (Å²) in [6.07, 6.45) is 0.829. The number of ether oxygens (including phenoxy) is 1. The second-order valence-electron chi connectivity index (χ2n) is 7.33. The predicted molar refractivity (Wildman–Crippen MR) is 120 cm³/mol. The normalized spacial score (nSPS) is 19.2. The van der Waals surface area contributed by atoms with E-state index >= 15 is 0 Å². The maximum Gasteiger partial charge on any atom is 0.320 e. The lowest BCUT2D eigenvalue weighted by atomic mass is 10.0. The maximum absolute atomic E-state index is 13.7. The number of fused-ring (bicyclic) bond motifs is 1. The summed E-state index contributed by atoms with van der Waals surface area (Å²) in [6.45, 7) is 5.52. The Labute approximate surface area is 181 Å². The van der Waals surface area contributed by atoms with Crippen molar-refractivity contribution in [1.29, 1.82) is 0 Å². The van der Waals surface area contributed by atoms with E-state index in [1.54, 1.807) is 34.9 Å². The van der Waals surface area contributed by atoms with Crippen molar-refractivity contribution in [2.45, 2.75) is 30.4 Å². The number of thiophene rings is 1. The van der Waals surface area contributed by atoms with Gasteiger partial charge in [0.2, 0.25) is 5.91 Å². The van der Waals surface area contributed by atoms with Gasteiger partial charge in [-0.3, -0.25) is 9.59 Å². The van der Waals surface area contributed by atoms with Crippen LogP contribution < -0.4 is 4.90 Å². The molecule has 1 amide bonds. The van der Waals surface area contributed by atoms with Gasteiger partial charge in [0.15, 0.2) is 5.92 Å². The minimum atomic E-state index is -0.857. The molecule has 3 rings (SSSR count). The quantitative estimate of drug-likeness (QED) is 0.480. The summed E-state index contributed by atoms with van der Waals surface area (Å²) in [5.74, 6) is -1.47. The number of carbonyl (C=O) groups is 2. The molecule has 2 atom stereocenters. The van der Waals surface area contributed by atoms with Gasteiger partial charge in [-0.2, -0.15) is 0 Å². The lowest BCUT2D eigenvalue weighted by Crippen LogP contribution is -2.42. The van der Waals surface area contributed by atoms with Crippen molar-refractivity contribution < 1.29 is 14.3 Å². The van der Waals surface area contributed by atoms with Crippen LogP contribution in [-0.2, 0) is 14.3 Å². The number of anilines is 1. The third-order valence-corrected chi connectivity index (χ3v) is 7.43. The maximum atomic E-state index is 13.7. The number of nitrogens with zero attached hydrogens (tertiary/aromatic N) is 2. The number of amides is 1. The van der Waals surface area contributed by atoms with Crippen LogP contribution >= 0.6 is 23.1 Å². The summed E-state index contributed by atoms with van der Waals surface area (Å²) >= 11 is 3.23. The topological polar surface area (TPSA) is 49.9 Å². The van der Waals surface area contributed by atoms with Crippen LogP contribution in [0.5, 0.6) is 0 Å². The molecular weight excluding hydrogens is 404 g/mol. The van der Waals surface area contributed by atoms with Gasteiger partial charge in [-0.25, -0.2) is 0 Å². The number of esters is 1. The van der Waals surface area contributed by atoms with Crippen LogP contribution in [0, 0.1) is 12.8 Å². The fourth-order valence-electron chi connectivity index (χ4n) is 3.46. The fourth-order valence-corrected chi connectivity index (χ4v) is 5.93. The third kappa shape index (κ3) is 5.02. The second-order valence-corrected chi connectivity index (χ2v) is 9.83. The van der Waals surface area contributed by atoms with E-state index < -0.39 is 11.9 Å². The van der Waals surface area contributed by atoms with Crippen molar-refractivity contribution in [3.05, 3.63) is 46.2 Å². The second kappa shape index (κ2) is 9.78. The van der Waals surface area contributed by atoms with Crippen molar-refractivity contribution in [1.82, 2.24) is 4.90 Å². The Kier molecular flexibility index (Phi) is 7.38. The summed E-state index contributed by atoms with van der Waals surface area (Å²) in [7, 11) is 4.04. The summed E-state index contributed by atoms with van der Waals surface area (Å²) in [5, 5.41) is -0.291. The van der Waals surface area contributed by atoms with Crippen molar-refractivity contribution in [3.63, 3.8) is 0 Å². The average molecular weight is 433 g/mol. The molecule has 1 aliphatic heterocycles. The van der Waals surface area contributed by atoms with Crippen LogP contribution in [0.1, 0.15) is 28.3 Å². The molecule has 5 nitrogen and oxygen atoms in total. The Balaban J connectivity index is 2.03. The van der Waals surface area contributed by atoms with Crippen LogP contribution in [0.25, 0.3) is 0 Å².